The molecule has 0 atom stereocenters. The molecule has 1 amide bonds. The van der Waals surface area contributed by atoms with Gasteiger partial charge in [0.2, 0.25) is 15.8 Å². The number of aliphatic hydroxyl groups is 1. The number of sulfonamides is 1. The SMILES string of the molecule is O=C(NCc1ccc(S(=O)(=O)N2CCC(O)CC2)cc1)c1cnc2nccn2c1. The third-order valence-corrected chi connectivity index (χ3v) is 6.86. The monoisotopic (exact) mass is 415 g/mol. The molecule has 3 aromatic rings. The lowest BCUT2D eigenvalue weighted by molar-refractivity contribution is 0.0950. The van der Waals surface area contributed by atoms with Gasteiger partial charge in [0.1, 0.15) is 0 Å². The van der Waals surface area contributed by atoms with E-state index < -0.39 is 16.1 Å². The Morgan fingerprint density at radius 3 is 2.62 bits per heavy atom. The van der Waals surface area contributed by atoms with Crippen LogP contribution in [0.4, 0.5) is 0 Å². The number of nitrogens with zero attached hydrogens (tertiary/aromatic N) is 4. The van der Waals surface area contributed by atoms with Gasteiger partial charge in [0, 0.05) is 44.4 Å². The lowest BCUT2D eigenvalue weighted by Crippen LogP contribution is -2.39. The molecule has 2 N–H and O–H groups in total. The summed E-state index contributed by atoms with van der Waals surface area (Å²) in [6, 6.07) is 6.45. The second kappa shape index (κ2) is 7.90. The van der Waals surface area contributed by atoms with E-state index in [4.69, 9.17) is 0 Å². The number of aliphatic hydroxyl groups excluding tert-OH is 1. The first-order valence-electron chi connectivity index (χ1n) is 9.27. The first-order chi connectivity index (χ1) is 13.9. The quantitative estimate of drug-likeness (QED) is 0.637. The van der Waals surface area contributed by atoms with E-state index in [1.807, 2.05) is 0 Å². The van der Waals surface area contributed by atoms with Crippen molar-refractivity contribution in [3.8, 4) is 0 Å². The number of carbonyl (C=O) groups excluding carboxylic acids is 1. The van der Waals surface area contributed by atoms with E-state index in [1.165, 1.54) is 10.5 Å². The summed E-state index contributed by atoms with van der Waals surface area (Å²) in [7, 11) is -3.57. The van der Waals surface area contributed by atoms with E-state index >= 15 is 0 Å². The molecule has 0 spiro atoms. The van der Waals surface area contributed by atoms with Crippen LogP contribution in [0.25, 0.3) is 5.78 Å². The maximum absolute atomic E-state index is 12.7. The maximum atomic E-state index is 12.7. The standard InChI is InChI=1S/C19H21N5O4S/c25-16-5-8-24(9-6-16)29(27,28)17-3-1-14(2-4-17)11-21-18(26)15-12-22-19-20-7-10-23(19)13-15/h1-4,7,10,12-13,16,25H,5-6,8-9,11H2,(H,21,26). The van der Waals surface area contributed by atoms with Crippen molar-refractivity contribution >= 4 is 21.7 Å². The van der Waals surface area contributed by atoms with Crippen molar-refractivity contribution in [1.29, 1.82) is 0 Å². The van der Waals surface area contributed by atoms with Crippen LogP contribution in [0, 0.1) is 0 Å². The molecule has 1 fully saturated rings. The third kappa shape index (κ3) is 4.14. The highest BCUT2D eigenvalue weighted by Crippen LogP contribution is 2.21. The summed E-state index contributed by atoms with van der Waals surface area (Å²) in [4.78, 5) is 20.7. The van der Waals surface area contributed by atoms with Crippen LogP contribution in [0.15, 0.2) is 53.9 Å². The van der Waals surface area contributed by atoms with Gasteiger partial charge in [0.25, 0.3) is 5.91 Å². The Balaban J connectivity index is 1.39. The number of nitrogens with one attached hydrogen (secondary N) is 1. The molecule has 4 rings (SSSR count). The third-order valence-electron chi connectivity index (χ3n) is 4.95. The molecule has 1 saturated heterocycles. The van der Waals surface area contributed by atoms with Gasteiger partial charge in [-0.1, -0.05) is 12.1 Å². The van der Waals surface area contributed by atoms with Crippen LogP contribution in [0.5, 0.6) is 0 Å². The van der Waals surface area contributed by atoms with Gasteiger partial charge in [0.05, 0.1) is 16.6 Å². The van der Waals surface area contributed by atoms with E-state index in [0.717, 1.165) is 5.56 Å². The summed E-state index contributed by atoms with van der Waals surface area (Å²) in [6.45, 7) is 0.893. The van der Waals surface area contributed by atoms with E-state index in [9.17, 15) is 18.3 Å². The number of carbonyl (C=O) groups is 1. The van der Waals surface area contributed by atoms with Gasteiger partial charge in [0.15, 0.2) is 0 Å². The van der Waals surface area contributed by atoms with Gasteiger partial charge >= 0.3 is 0 Å². The molecule has 1 aromatic carbocycles. The molecule has 9 nitrogen and oxygen atoms in total. The Morgan fingerprint density at radius 1 is 1.17 bits per heavy atom. The molecule has 0 unspecified atom stereocenters. The van der Waals surface area contributed by atoms with Gasteiger partial charge < -0.3 is 10.4 Å². The highest BCUT2D eigenvalue weighted by Gasteiger charge is 2.28. The largest absolute Gasteiger partial charge is 0.393 e. The van der Waals surface area contributed by atoms with Gasteiger partial charge in [-0.3, -0.25) is 9.20 Å². The zero-order chi connectivity index (χ0) is 20.4. The first-order valence-corrected chi connectivity index (χ1v) is 10.7. The van der Waals surface area contributed by atoms with E-state index in [0.29, 0.717) is 37.3 Å². The minimum Gasteiger partial charge on any atom is -0.393 e. The number of fused-ring (bicyclic) bond motifs is 1. The molecule has 0 saturated carbocycles. The molecule has 0 radical (unpaired) electrons. The Bertz CT molecular complexity index is 1120. The second-order valence-corrected chi connectivity index (χ2v) is 8.88. The zero-order valence-electron chi connectivity index (χ0n) is 15.6. The van der Waals surface area contributed by atoms with Crippen LogP contribution in [0.3, 0.4) is 0 Å². The number of hydrogen-bond acceptors (Lipinski definition) is 6. The van der Waals surface area contributed by atoms with Crippen molar-refractivity contribution in [3.05, 3.63) is 60.2 Å². The van der Waals surface area contributed by atoms with Crippen LogP contribution >= 0.6 is 0 Å². The van der Waals surface area contributed by atoms with Gasteiger partial charge in [-0.25, -0.2) is 18.4 Å². The normalized spacial score (nSPS) is 16.2. The van der Waals surface area contributed by atoms with Gasteiger partial charge in [-0.2, -0.15) is 4.31 Å². The highest BCUT2D eigenvalue weighted by molar-refractivity contribution is 7.89. The topological polar surface area (TPSA) is 117 Å². The summed E-state index contributed by atoms with van der Waals surface area (Å²) < 4.78 is 28.5. The Labute approximate surface area is 168 Å². The van der Waals surface area contributed by atoms with E-state index in [1.54, 1.807) is 47.3 Å². The van der Waals surface area contributed by atoms with E-state index in [-0.39, 0.29) is 17.3 Å². The van der Waals surface area contributed by atoms with Crippen molar-refractivity contribution in [3.63, 3.8) is 0 Å². The number of benzene rings is 1. The van der Waals surface area contributed by atoms with Crippen molar-refractivity contribution in [2.45, 2.75) is 30.4 Å². The van der Waals surface area contributed by atoms with Gasteiger partial charge in [-0.15, -0.1) is 0 Å². The smallest absolute Gasteiger partial charge is 0.254 e. The molecule has 1 aliphatic heterocycles. The summed E-state index contributed by atoms with van der Waals surface area (Å²) in [5, 5.41) is 12.4. The number of aromatic nitrogens is 3. The average molecular weight is 415 g/mol. The number of piperidine rings is 1. The Hall–Kier alpha value is -2.82. The average Bonchev–Trinajstić information content (AvgIpc) is 3.20. The highest BCUT2D eigenvalue weighted by atomic mass is 32.2. The predicted molar refractivity (Wildman–Crippen MR) is 105 cm³/mol. The minimum atomic E-state index is -3.57. The Morgan fingerprint density at radius 2 is 1.90 bits per heavy atom. The summed E-state index contributed by atoms with van der Waals surface area (Å²) in [6.07, 6.45) is 6.88. The molecule has 1 aliphatic rings. The number of amides is 1. The number of imidazole rings is 1. The zero-order valence-corrected chi connectivity index (χ0v) is 16.4. The summed E-state index contributed by atoms with van der Waals surface area (Å²) in [5.74, 6) is 0.234. The molecule has 152 valence electrons. The number of hydrogen-bond donors (Lipinski definition) is 2. The van der Waals surface area contributed by atoms with Gasteiger partial charge in [-0.05, 0) is 30.5 Å². The fourth-order valence-electron chi connectivity index (χ4n) is 3.23. The van der Waals surface area contributed by atoms with Crippen LogP contribution in [0.1, 0.15) is 28.8 Å². The van der Waals surface area contributed by atoms with Crippen molar-refractivity contribution in [2.24, 2.45) is 0 Å². The predicted octanol–water partition coefficient (Wildman–Crippen LogP) is 0.805. The molecular formula is C19H21N5O4S. The molecule has 0 bridgehead atoms. The molecule has 3 heterocycles. The summed E-state index contributed by atoms with van der Waals surface area (Å²) >= 11 is 0. The molecule has 10 heteroatoms. The lowest BCUT2D eigenvalue weighted by Gasteiger charge is -2.28. The van der Waals surface area contributed by atoms with Crippen LogP contribution < -0.4 is 5.32 Å². The lowest BCUT2D eigenvalue weighted by atomic mass is 10.1. The number of rotatable bonds is 5. The minimum absolute atomic E-state index is 0.207. The fourth-order valence-corrected chi connectivity index (χ4v) is 4.70. The molecule has 29 heavy (non-hydrogen) atoms. The fraction of sp³-hybridized carbons (Fsp3) is 0.316. The molecule has 0 aliphatic carbocycles. The van der Waals surface area contributed by atoms with Crippen molar-refractivity contribution < 1.29 is 18.3 Å². The van der Waals surface area contributed by atoms with E-state index in [2.05, 4.69) is 15.3 Å². The maximum Gasteiger partial charge on any atom is 0.254 e. The van der Waals surface area contributed by atoms with Crippen LogP contribution in [-0.2, 0) is 16.6 Å². The van der Waals surface area contributed by atoms with Crippen LogP contribution in [-0.4, -0.2) is 57.3 Å². The van der Waals surface area contributed by atoms with Crippen molar-refractivity contribution in [1.82, 2.24) is 24.0 Å². The summed E-state index contributed by atoms with van der Waals surface area (Å²) in [5.41, 5.74) is 1.19. The van der Waals surface area contributed by atoms with Crippen molar-refractivity contribution in [2.75, 3.05) is 13.1 Å². The molecule has 2 aromatic heterocycles. The second-order valence-electron chi connectivity index (χ2n) is 6.94. The Kier molecular flexibility index (Phi) is 5.31. The van der Waals surface area contributed by atoms with Crippen LogP contribution in [0.2, 0.25) is 0 Å². The first kappa shape index (κ1) is 19.5. The molecular weight excluding hydrogens is 394 g/mol.